The molecule has 3 aliphatic heterocycles. The van der Waals surface area contributed by atoms with E-state index in [4.69, 9.17) is 4.74 Å². The Morgan fingerprint density at radius 2 is 2.00 bits per heavy atom. The van der Waals surface area contributed by atoms with Crippen molar-refractivity contribution in [2.24, 2.45) is 5.10 Å². The Balaban J connectivity index is 1.19. The Bertz CT molecular complexity index is 1050. The summed E-state index contributed by atoms with van der Waals surface area (Å²) < 4.78 is 32.9. The maximum atomic E-state index is 14.0. The molecule has 3 unspecified atom stereocenters. The molecule has 0 radical (unpaired) electrons. The van der Waals surface area contributed by atoms with Crippen LogP contribution in [0.3, 0.4) is 0 Å². The van der Waals surface area contributed by atoms with Gasteiger partial charge in [-0.25, -0.2) is 14.2 Å². The first kappa shape index (κ1) is 22.0. The lowest BCUT2D eigenvalue weighted by Crippen LogP contribution is -2.54. The minimum atomic E-state index is -0.567. The summed E-state index contributed by atoms with van der Waals surface area (Å²) in [5.74, 6) is 0.183. The van der Waals surface area contributed by atoms with E-state index in [0.717, 1.165) is 42.9 Å². The molecule has 3 atom stereocenters. The van der Waals surface area contributed by atoms with Crippen molar-refractivity contribution in [1.82, 2.24) is 20.8 Å². The van der Waals surface area contributed by atoms with Crippen LogP contribution in [0.15, 0.2) is 60.0 Å². The van der Waals surface area contributed by atoms with Crippen LogP contribution in [-0.2, 0) is 5.75 Å². The van der Waals surface area contributed by atoms with Crippen LogP contribution in [0.25, 0.3) is 0 Å². The van der Waals surface area contributed by atoms with Gasteiger partial charge in [0.25, 0.3) is 0 Å². The molecule has 0 saturated carbocycles. The summed E-state index contributed by atoms with van der Waals surface area (Å²) in [5.41, 5.74) is 8.48. The molecular weight excluding hydrogens is 444 g/mol. The van der Waals surface area contributed by atoms with Crippen molar-refractivity contribution in [1.29, 1.82) is 0 Å². The fourth-order valence-electron chi connectivity index (χ4n) is 4.28. The van der Waals surface area contributed by atoms with Crippen LogP contribution in [0, 0.1) is 11.6 Å². The van der Waals surface area contributed by atoms with Crippen molar-refractivity contribution in [3.63, 3.8) is 0 Å². The number of fused-ring (bicyclic) bond motifs is 3. The molecule has 1 saturated heterocycles. The third-order valence-corrected chi connectivity index (χ3v) is 7.14. The number of rotatable bonds is 7. The van der Waals surface area contributed by atoms with Gasteiger partial charge in [-0.1, -0.05) is 43.3 Å². The van der Waals surface area contributed by atoms with Gasteiger partial charge in [0.15, 0.2) is 5.17 Å². The predicted octanol–water partition coefficient (Wildman–Crippen LogP) is 4.68. The number of hydrogen-bond acceptors (Lipinski definition) is 7. The summed E-state index contributed by atoms with van der Waals surface area (Å²) in [6, 6.07) is 12.4. The van der Waals surface area contributed by atoms with E-state index in [1.165, 1.54) is 29.5 Å². The highest BCUT2D eigenvalue weighted by Gasteiger charge is 2.44. The van der Waals surface area contributed by atoms with Crippen LogP contribution < -0.4 is 15.6 Å². The molecule has 2 aromatic carbocycles. The standard InChI is InChI=1S/C24H27F2N5OS/c1-2-3-12-32-19-8-5-16(6-9-19)21-14-22-23-27-28-24(30(23)10-11-31(22)29-21)33-15-17-4-7-18(25)13-20(17)26/h4-11,13,21-23,27,29H,2-3,12,14-15H2,1H3. The largest absolute Gasteiger partial charge is 0.494 e. The van der Waals surface area contributed by atoms with Crippen LogP contribution in [0.1, 0.15) is 43.4 Å². The molecule has 33 heavy (non-hydrogen) atoms. The van der Waals surface area contributed by atoms with Crippen LogP contribution in [0.4, 0.5) is 8.78 Å². The van der Waals surface area contributed by atoms with Gasteiger partial charge in [-0.05, 0) is 42.2 Å². The second-order valence-electron chi connectivity index (χ2n) is 8.36. The number of ether oxygens (including phenoxy) is 1. The van der Waals surface area contributed by atoms with Gasteiger partial charge in [0.2, 0.25) is 0 Å². The van der Waals surface area contributed by atoms with Crippen molar-refractivity contribution < 1.29 is 13.5 Å². The van der Waals surface area contributed by atoms with Crippen molar-refractivity contribution in [2.45, 2.75) is 50.2 Å². The van der Waals surface area contributed by atoms with Gasteiger partial charge in [-0.2, -0.15) is 5.10 Å². The van der Waals surface area contributed by atoms with E-state index in [1.54, 1.807) is 0 Å². The maximum absolute atomic E-state index is 14.0. The van der Waals surface area contributed by atoms with Crippen LogP contribution in [0.5, 0.6) is 5.75 Å². The topological polar surface area (TPSA) is 52.1 Å². The molecule has 1 fully saturated rings. The Hall–Kier alpha value is -2.78. The van der Waals surface area contributed by atoms with Crippen molar-refractivity contribution >= 4 is 16.9 Å². The normalized spacial score (nSPS) is 23.2. The lowest BCUT2D eigenvalue weighted by Gasteiger charge is -2.36. The van der Waals surface area contributed by atoms with Crippen LogP contribution in [0.2, 0.25) is 0 Å². The molecule has 3 aliphatic rings. The van der Waals surface area contributed by atoms with E-state index in [2.05, 4.69) is 44.9 Å². The van der Waals surface area contributed by atoms with Crippen molar-refractivity contribution in [3.05, 3.63) is 77.6 Å². The summed E-state index contributed by atoms with van der Waals surface area (Å²) in [6.45, 7) is 2.90. The van der Waals surface area contributed by atoms with E-state index in [-0.39, 0.29) is 18.2 Å². The molecule has 6 nitrogen and oxygen atoms in total. The molecule has 0 amide bonds. The second-order valence-corrected chi connectivity index (χ2v) is 9.30. The average Bonchev–Trinajstić information content (AvgIpc) is 3.43. The lowest BCUT2D eigenvalue weighted by atomic mass is 10.00. The summed E-state index contributed by atoms with van der Waals surface area (Å²) in [7, 11) is 0. The van der Waals surface area contributed by atoms with E-state index in [1.807, 2.05) is 24.5 Å². The molecule has 0 aromatic heterocycles. The van der Waals surface area contributed by atoms with Gasteiger partial charge >= 0.3 is 0 Å². The highest BCUT2D eigenvalue weighted by molar-refractivity contribution is 8.13. The Morgan fingerprint density at radius 3 is 2.79 bits per heavy atom. The number of benzene rings is 2. The fourth-order valence-corrected chi connectivity index (χ4v) is 5.24. The van der Waals surface area contributed by atoms with E-state index < -0.39 is 11.6 Å². The van der Waals surface area contributed by atoms with Gasteiger partial charge in [0, 0.05) is 24.2 Å². The Labute approximate surface area is 196 Å². The number of unbranched alkanes of at least 4 members (excludes halogenated alkanes) is 1. The molecule has 3 heterocycles. The Morgan fingerprint density at radius 1 is 1.15 bits per heavy atom. The maximum Gasteiger partial charge on any atom is 0.189 e. The average molecular weight is 472 g/mol. The highest BCUT2D eigenvalue weighted by atomic mass is 32.2. The lowest BCUT2D eigenvalue weighted by molar-refractivity contribution is 0.152. The molecular formula is C24H27F2N5OS. The number of nitrogens with zero attached hydrogens (tertiary/aromatic N) is 3. The van der Waals surface area contributed by atoms with Gasteiger partial charge in [0.05, 0.1) is 18.7 Å². The summed E-state index contributed by atoms with van der Waals surface area (Å²) in [4.78, 5) is 2.09. The molecule has 174 valence electrons. The number of halogens is 2. The number of amidine groups is 1. The number of hydrogen-bond donors (Lipinski definition) is 2. The zero-order chi connectivity index (χ0) is 22.8. The van der Waals surface area contributed by atoms with Crippen LogP contribution in [-0.4, -0.2) is 33.9 Å². The summed E-state index contributed by atoms with van der Waals surface area (Å²) >= 11 is 1.43. The van der Waals surface area contributed by atoms with E-state index in [9.17, 15) is 8.78 Å². The molecule has 2 N–H and O–H groups in total. The minimum Gasteiger partial charge on any atom is -0.494 e. The zero-order valence-corrected chi connectivity index (χ0v) is 19.2. The Kier molecular flexibility index (Phi) is 6.41. The van der Waals surface area contributed by atoms with Crippen molar-refractivity contribution in [2.75, 3.05) is 6.61 Å². The van der Waals surface area contributed by atoms with Crippen LogP contribution >= 0.6 is 11.8 Å². The van der Waals surface area contributed by atoms with Gasteiger partial charge in [-0.15, -0.1) is 0 Å². The number of hydrazone groups is 1. The smallest absolute Gasteiger partial charge is 0.189 e. The van der Waals surface area contributed by atoms with E-state index in [0.29, 0.717) is 11.3 Å². The third-order valence-electron chi connectivity index (χ3n) is 6.13. The summed E-state index contributed by atoms with van der Waals surface area (Å²) in [5, 5.41) is 7.39. The SMILES string of the molecule is CCCCOc1ccc(C2CC3C4NN=C(SCc5ccc(F)cc5F)N4C=CN3N2)cc1. The molecule has 5 rings (SSSR count). The molecule has 0 spiro atoms. The number of hydrazine groups is 1. The van der Waals surface area contributed by atoms with Crippen molar-refractivity contribution in [3.8, 4) is 5.75 Å². The minimum absolute atomic E-state index is 0.00952. The molecule has 2 aromatic rings. The predicted molar refractivity (Wildman–Crippen MR) is 126 cm³/mol. The molecule has 0 aliphatic carbocycles. The van der Waals surface area contributed by atoms with E-state index >= 15 is 0 Å². The van der Waals surface area contributed by atoms with Gasteiger partial charge in [0.1, 0.15) is 23.5 Å². The second kappa shape index (κ2) is 9.61. The summed E-state index contributed by atoms with van der Waals surface area (Å²) in [6.07, 6.45) is 7.08. The third kappa shape index (κ3) is 4.65. The highest BCUT2D eigenvalue weighted by Crippen LogP contribution is 2.36. The monoisotopic (exact) mass is 471 g/mol. The van der Waals surface area contributed by atoms with Gasteiger partial charge in [-0.3, -0.25) is 5.43 Å². The first-order valence-electron chi connectivity index (χ1n) is 11.3. The quantitative estimate of drug-likeness (QED) is 0.572. The molecule has 0 bridgehead atoms. The molecule has 9 heteroatoms. The van der Waals surface area contributed by atoms with Gasteiger partial charge < -0.3 is 14.6 Å². The first-order chi connectivity index (χ1) is 16.1. The number of nitrogens with one attached hydrogen (secondary N) is 2. The zero-order valence-electron chi connectivity index (χ0n) is 18.4. The fraction of sp³-hybridized carbons (Fsp3) is 0.375. The first-order valence-corrected chi connectivity index (χ1v) is 12.2. The number of thioether (sulfide) groups is 1.